The summed E-state index contributed by atoms with van der Waals surface area (Å²) in [6.07, 6.45) is 5.71. The van der Waals surface area contributed by atoms with E-state index in [9.17, 15) is 4.79 Å². The van der Waals surface area contributed by atoms with E-state index in [-0.39, 0.29) is 11.9 Å². The number of carbonyl (C=O) groups is 1. The van der Waals surface area contributed by atoms with Gasteiger partial charge in [0.2, 0.25) is 0 Å². The first-order valence-corrected chi connectivity index (χ1v) is 8.09. The van der Waals surface area contributed by atoms with Crippen LogP contribution in [0.3, 0.4) is 0 Å². The number of rotatable bonds is 3. The lowest BCUT2D eigenvalue weighted by Crippen LogP contribution is -2.35. The van der Waals surface area contributed by atoms with E-state index in [4.69, 9.17) is 0 Å². The number of aromatic amines is 1. The summed E-state index contributed by atoms with van der Waals surface area (Å²) >= 11 is 0. The van der Waals surface area contributed by atoms with Gasteiger partial charge in [0.1, 0.15) is 5.82 Å². The highest BCUT2D eigenvalue weighted by molar-refractivity contribution is 5.90. The maximum Gasteiger partial charge on any atom is 0.287 e. The fourth-order valence-electron chi connectivity index (χ4n) is 3.08. The molecule has 1 unspecified atom stereocenters. The Labute approximate surface area is 139 Å². The number of carbonyl (C=O) groups excluding carboxylic acids is 1. The summed E-state index contributed by atoms with van der Waals surface area (Å²) in [5.74, 6) is 2.06. The molecular weight excluding hydrogens is 304 g/mol. The third-order valence-electron chi connectivity index (χ3n) is 4.33. The zero-order valence-corrected chi connectivity index (χ0v) is 13.1. The van der Waals surface area contributed by atoms with Gasteiger partial charge in [0, 0.05) is 37.0 Å². The number of benzene rings is 1. The van der Waals surface area contributed by atoms with Crippen LogP contribution >= 0.6 is 0 Å². The van der Waals surface area contributed by atoms with Gasteiger partial charge in [-0.1, -0.05) is 30.3 Å². The Morgan fingerprint density at radius 3 is 2.88 bits per heavy atom. The van der Waals surface area contributed by atoms with E-state index in [0.29, 0.717) is 5.82 Å². The zero-order valence-electron chi connectivity index (χ0n) is 13.1. The van der Waals surface area contributed by atoms with Gasteiger partial charge in [0.25, 0.3) is 5.91 Å². The molecule has 0 saturated heterocycles. The third-order valence-corrected chi connectivity index (χ3v) is 4.33. The van der Waals surface area contributed by atoms with Gasteiger partial charge < -0.3 is 14.9 Å². The molecule has 1 aliphatic heterocycles. The van der Waals surface area contributed by atoms with E-state index < -0.39 is 0 Å². The molecule has 2 aromatic heterocycles. The summed E-state index contributed by atoms with van der Waals surface area (Å²) in [5, 5.41) is 11.7. The highest BCUT2D eigenvalue weighted by Gasteiger charge is 2.22. The SMILES string of the molecule is O=C(NC1CCc2nnc(-c3ccccc3)n2CC1)c1ncc[nH]1. The molecule has 0 saturated carbocycles. The van der Waals surface area contributed by atoms with Crippen LogP contribution in [0.1, 0.15) is 29.3 Å². The Morgan fingerprint density at radius 2 is 2.08 bits per heavy atom. The van der Waals surface area contributed by atoms with Crippen LogP contribution in [0.2, 0.25) is 0 Å². The van der Waals surface area contributed by atoms with Crippen molar-refractivity contribution in [2.24, 2.45) is 0 Å². The maximum atomic E-state index is 12.1. The van der Waals surface area contributed by atoms with Crippen LogP contribution in [0, 0.1) is 0 Å². The van der Waals surface area contributed by atoms with Gasteiger partial charge in [0.15, 0.2) is 11.6 Å². The van der Waals surface area contributed by atoms with E-state index in [0.717, 1.165) is 43.0 Å². The summed E-state index contributed by atoms with van der Waals surface area (Å²) in [6.45, 7) is 0.787. The number of hydrogen-bond donors (Lipinski definition) is 2. The van der Waals surface area contributed by atoms with Crippen molar-refractivity contribution >= 4 is 5.91 Å². The molecule has 7 heteroatoms. The molecule has 1 atom stereocenters. The molecular formula is C17H18N6O. The summed E-state index contributed by atoms with van der Waals surface area (Å²) < 4.78 is 2.16. The van der Waals surface area contributed by atoms with Crippen LogP contribution in [0.4, 0.5) is 0 Å². The van der Waals surface area contributed by atoms with Gasteiger partial charge in [-0.25, -0.2) is 4.98 Å². The predicted octanol–water partition coefficient (Wildman–Crippen LogP) is 1.80. The van der Waals surface area contributed by atoms with Crippen molar-refractivity contribution in [1.29, 1.82) is 0 Å². The van der Waals surface area contributed by atoms with Crippen molar-refractivity contribution in [3.05, 3.63) is 54.4 Å². The predicted molar refractivity (Wildman–Crippen MR) is 88.2 cm³/mol. The number of imidazole rings is 1. The van der Waals surface area contributed by atoms with Crippen LogP contribution in [-0.4, -0.2) is 36.7 Å². The highest BCUT2D eigenvalue weighted by atomic mass is 16.2. The summed E-state index contributed by atoms with van der Waals surface area (Å²) in [7, 11) is 0. The molecule has 2 N–H and O–H groups in total. The number of amides is 1. The molecule has 1 amide bonds. The van der Waals surface area contributed by atoms with Crippen LogP contribution < -0.4 is 5.32 Å². The Kier molecular flexibility index (Phi) is 3.82. The molecule has 0 radical (unpaired) electrons. The Hall–Kier alpha value is -2.96. The number of nitrogens with zero attached hydrogens (tertiary/aromatic N) is 4. The van der Waals surface area contributed by atoms with Crippen molar-refractivity contribution in [3.8, 4) is 11.4 Å². The molecule has 4 rings (SSSR count). The van der Waals surface area contributed by atoms with Gasteiger partial charge in [-0.05, 0) is 12.8 Å². The van der Waals surface area contributed by atoms with Crippen molar-refractivity contribution < 1.29 is 4.79 Å². The first-order chi connectivity index (χ1) is 11.8. The summed E-state index contributed by atoms with van der Waals surface area (Å²) in [4.78, 5) is 19.0. The second-order valence-electron chi connectivity index (χ2n) is 5.89. The number of aryl methyl sites for hydroxylation is 1. The van der Waals surface area contributed by atoms with Gasteiger partial charge in [-0.15, -0.1) is 10.2 Å². The van der Waals surface area contributed by atoms with E-state index in [2.05, 4.69) is 30.0 Å². The molecule has 0 aliphatic carbocycles. The minimum Gasteiger partial charge on any atom is -0.347 e. The third kappa shape index (κ3) is 2.80. The molecule has 0 bridgehead atoms. The van der Waals surface area contributed by atoms with Crippen LogP contribution in [0.5, 0.6) is 0 Å². The molecule has 1 aliphatic rings. The highest BCUT2D eigenvalue weighted by Crippen LogP contribution is 2.22. The fourth-order valence-corrected chi connectivity index (χ4v) is 3.08. The van der Waals surface area contributed by atoms with Crippen molar-refractivity contribution in [2.45, 2.75) is 31.8 Å². The molecule has 24 heavy (non-hydrogen) atoms. The average Bonchev–Trinajstić information content (AvgIpc) is 3.24. The summed E-state index contributed by atoms with van der Waals surface area (Å²) in [5.41, 5.74) is 1.06. The lowest BCUT2D eigenvalue weighted by atomic mass is 10.1. The maximum absolute atomic E-state index is 12.1. The molecule has 1 aromatic carbocycles. The minimum atomic E-state index is -0.161. The van der Waals surface area contributed by atoms with Crippen LogP contribution in [0.25, 0.3) is 11.4 Å². The average molecular weight is 322 g/mol. The standard InChI is InChI=1S/C17H18N6O/c24-17(15-18-9-10-19-15)20-13-6-7-14-21-22-16(23(14)11-8-13)12-4-2-1-3-5-12/h1-5,9-10,13H,6-8,11H2,(H,18,19)(H,20,24). The normalized spacial score (nSPS) is 17.1. The number of fused-ring (bicyclic) bond motifs is 1. The molecule has 3 heterocycles. The largest absolute Gasteiger partial charge is 0.347 e. The molecule has 7 nitrogen and oxygen atoms in total. The fraction of sp³-hybridized carbons (Fsp3) is 0.294. The van der Waals surface area contributed by atoms with Gasteiger partial charge in [-0.2, -0.15) is 0 Å². The Morgan fingerprint density at radius 1 is 1.21 bits per heavy atom. The minimum absolute atomic E-state index is 0.105. The lowest BCUT2D eigenvalue weighted by molar-refractivity contribution is 0.0923. The Bertz CT molecular complexity index is 824. The van der Waals surface area contributed by atoms with Crippen LogP contribution in [0.15, 0.2) is 42.7 Å². The second-order valence-corrected chi connectivity index (χ2v) is 5.89. The number of nitrogens with one attached hydrogen (secondary N) is 2. The number of aromatic nitrogens is 5. The lowest BCUT2D eigenvalue weighted by Gasteiger charge is -2.15. The topological polar surface area (TPSA) is 88.5 Å². The van der Waals surface area contributed by atoms with E-state index >= 15 is 0 Å². The Balaban J connectivity index is 1.49. The van der Waals surface area contributed by atoms with Crippen LogP contribution in [-0.2, 0) is 13.0 Å². The van der Waals surface area contributed by atoms with E-state index in [1.54, 1.807) is 12.4 Å². The smallest absolute Gasteiger partial charge is 0.287 e. The number of hydrogen-bond acceptors (Lipinski definition) is 4. The van der Waals surface area contributed by atoms with E-state index in [1.165, 1.54) is 0 Å². The molecule has 0 fully saturated rings. The molecule has 122 valence electrons. The van der Waals surface area contributed by atoms with Gasteiger partial charge in [-0.3, -0.25) is 4.79 Å². The van der Waals surface area contributed by atoms with Crippen molar-refractivity contribution in [1.82, 2.24) is 30.0 Å². The zero-order chi connectivity index (χ0) is 16.4. The van der Waals surface area contributed by atoms with Crippen molar-refractivity contribution in [3.63, 3.8) is 0 Å². The first-order valence-electron chi connectivity index (χ1n) is 8.09. The van der Waals surface area contributed by atoms with E-state index in [1.807, 2.05) is 30.3 Å². The molecule has 3 aromatic rings. The van der Waals surface area contributed by atoms with Crippen molar-refractivity contribution in [2.75, 3.05) is 0 Å². The van der Waals surface area contributed by atoms with Gasteiger partial charge >= 0.3 is 0 Å². The quantitative estimate of drug-likeness (QED) is 0.769. The van der Waals surface area contributed by atoms with Gasteiger partial charge in [0.05, 0.1) is 0 Å². The number of H-pyrrole nitrogens is 1. The summed E-state index contributed by atoms with van der Waals surface area (Å²) in [6, 6.07) is 10.2. The first kappa shape index (κ1) is 14.6. The monoisotopic (exact) mass is 322 g/mol. The molecule has 0 spiro atoms. The second kappa shape index (κ2) is 6.27.